The summed E-state index contributed by atoms with van der Waals surface area (Å²) in [5.41, 5.74) is 1.05. The van der Waals surface area contributed by atoms with Crippen LogP contribution in [0.4, 0.5) is 0 Å². The van der Waals surface area contributed by atoms with Crippen LogP contribution in [0, 0.1) is 5.92 Å². The fraction of sp³-hybridized carbons (Fsp3) is 0.706. The van der Waals surface area contributed by atoms with Crippen molar-refractivity contribution in [3.8, 4) is 0 Å². The van der Waals surface area contributed by atoms with Gasteiger partial charge in [-0.3, -0.25) is 14.5 Å². The maximum Gasteiger partial charge on any atom is 0.266 e. The van der Waals surface area contributed by atoms with E-state index in [9.17, 15) is 9.59 Å². The lowest BCUT2D eigenvalue weighted by Gasteiger charge is -2.43. The van der Waals surface area contributed by atoms with E-state index in [4.69, 9.17) is 0 Å². The second-order valence-electron chi connectivity index (χ2n) is 7.18. The van der Waals surface area contributed by atoms with Crippen molar-refractivity contribution in [1.29, 1.82) is 0 Å². The quantitative estimate of drug-likeness (QED) is 0.889. The van der Waals surface area contributed by atoms with Crippen LogP contribution >= 0.6 is 0 Å². The Kier molecular flexibility index (Phi) is 3.93. The highest BCUT2D eigenvalue weighted by Gasteiger charge is 2.36. The highest BCUT2D eigenvalue weighted by molar-refractivity contribution is 5.82. The Bertz CT molecular complexity index is 646. The third-order valence-corrected chi connectivity index (χ3v) is 5.25. The summed E-state index contributed by atoms with van der Waals surface area (Å²) in [6.07, 6.45) is 5.52. The predicted octanol–water partition coefficient (Wildman–Crippen LogP) is 0.721. The van der Waals surface area contributed by atoms with E-state index in [1.54, 1.807) is 10.7 Å². The summed E-state index contributed by atoms with van der Waals surface area (Å²) in [6, 6.07) is 3.55. The van der Waals surface area contributed by atoms with Crippen molar-refractivity contribution in [1.82, 2.24) is 20.0 Å². The molecule has 23 heavy (non-hydrogen) atoms. The van der Waals surface area contributed by atoms with Crippen LogP contribution in [0.1, 0.15) is 43.7 Å². The van der Waals surface area contributed by atoms with Crippen molar-refractivity contribution in [2.45, 2.75) is 50.6 Å². The minimum absolute atomic E-state index is 0.0138. The molecule has 2 aliphatic heterocycles. The molecule has 1 N–H and O–H groups in total. The number of rotatable bonds is 4. The number of aromatic nitrogens is 2. The van der Waals surface area contributed by atoms with Crippen molar-refractivity contribution in [3.05, 3.63) is 28.2 Å². The Balaban J connectivity index is 1.36. The topological polar surface area (TPSA) is 67.2 Å². The first kappa shape index (κ1) is 14.9. The van der Waals surface area contributed by atoms with Gasteiger partial charge in [0.15, 0.2) is 0 Å². The standard InChI is InChI=1S/C17H24N4O2/c22-16-7-6-14(13-4-5-13)19-21(16)11-12-9-20(10-12)15-3-1-2-8-18-17(15)23/h6-7,12-13,15H,1-5,8-11H2,(H,18,23). The molecule has 0 radical (unpaired) electrons. The fourth-order valence-electron chi connectivity index (χ4n) is 3.69. The van der Waals surface area contributed by atoms with Gasteiger partial charge >= 0.3 is 0 Å². The number of hydrogen-bond donors (Lipinski definition) is 1. The second kappa shape index (κ2) is 6.07. The molecule has 1 unspecified atom stereocenters. The Morgan fingerprint density at radius 2 is 1.96 bits per heavy atom. The molecule has 6 nitrogen and oxygen atoms in total. The number of nitrogens with one attached hydrogen (secondary N) is 1. The lowest BCUT2D eigenvalue weighted by molar-refractivity contribution is -0.129. The average molecular weight is 316 g/mol. The highest BCUT2D eigenvalue weighted by Crippen LogP contribution is 2.38. The lowest BCUT2D eigenvalue weighted by atomic mass is 9.95. The Hall–Kier alpha value is -1.69. The van der Waals surface area contributed by atoms with Gasteiger partial charge < -0.3 is 5.32 Å². The summed E-state index contributed by atoms with van der Waals surface area (Å²) in [5.74, 6) is 1.16. The molecule has 0 spiro atoms. The van der Waals surface area contributed by atoms with Gasteiger partial charge in [-0.2, -0.15) is 5.10 Å². The maximum atomic E-state index is 12.1. The number of carbonyl (C=O) groups excluding carboxylic acids is 1. The monoisotopic (exact) mass is 316 g/mol. The molecule has 3 fully saturated rings. The number of nitrogens with zero attached hydrogens (tertiary/aromatic N) is 3. The smallest absolute Gasteiger partial charge is 0.266 e. The molecule has 1 atom stereocenters. The van der Waals surface area contributed by atoms with Crippen LogP contribution < -0.4 is 10.9 Å². The Morgan fingerprint density at radius 1 is 1.13 bits per heavy atom. The summed E-state index contributed by atoms with van der Waals surface area (Å²) in [7, 11) is 0. The highest BCUT2D eigenvalue weighted by atomic mass is 16.2. The van der Waals surface area contributed by atoms with Gasteiger partial charge in [-0.25, -0.2) is 4.68 Å². The third kappa shape index (κ3) is 3.17. The number of amides is 1. The minimum Gasteiger partial charge on any atom is -0.355 e. The van der Waals surface area contributed by atoms with Crippen molar-refractivity contribution >= 4 is 5.91 Å². The largest absolute Gasteiger partial charge is 0.355 e. The molecule has 1 amide bonds. The molecular weight excluding hydrogens is 292 g/mol. The van der Waals surface area contributed by atoms with E-state index >= 15 is 0 Å². The molecule has 124 valence electrons. The van der Waals surface area contributed by atoms with Crippen LogP contribution in [0.15, 0.2) is 16.9 Å². The Morgan fingerprint density at radius 3 is 2.74 bits per heavy atom. The van der Waals surface area contributed by atoms with Gasteiger partial charge in [0.2, 0.25) is 5.91 Å². The van der Waals surface area contributed by atoms with E-state index in [1.807, 2.05) is 6.07 Å². The van der Waals surface area contributed by atoms with E-state index in [-0.39, 0.29) is 17.5 Å². The van der Waals surface area contributed by atoms with Gasteiger partial charge in [0.05, 0.1) is 18.3 Å². The summed E-state index contributed by atoms with van der Waals surface area (Å²) in [6.45, 7) is 3.25. The number of carbonyl (C=O) groups is 1. The van der Waals surface area contributed by atoms with Crippen LogP contribution in [0.3, 0.4) is 0 Å². The molecule has 1 aliphatic carbocycles. The molecule has 0 bridgehead atoms. The predicted molar refractivity (Wildman–Crippen MR) is 86.2 cm³/mol. The van der Waals surface area contributed by atoms with Crippen LogP contribution in [0.25, 0.3) is 0 Å². The van der Waals surface area contributed by atoms with Crippen molar-refractivity contribution in [2.24, 2.45) is 5.92 Å². The van der Waals surface area contributed by atoms with Gasteiger partial charge in [0.25, 0.3) is 5.56 Å². The summed E-state index contributed by atoms with van der Waals surface area (Å²) >= 11 is 0. The van der Waals surface area contributed by atoms with Gasteiger partial charge in [-0.1, -0.05) is 0 Å². The van der Waals surface area contributed by atoms with Crippen LogP contribution in [0.2, 0.25) is 0 Å². The minimum atomic E-state index is -0.0138. The van der Waals surface area contributed by atoms with E-state index in [1.165, 1.54) is 12.8 Å². The van der Waals surface area contributed by atoms with E-state index in [2.05, 4.69) is 15.3 Å². The molecule has 1 aromatic rings. The van der Waals surface area contributed by atoms with E-state index in [0.29, 0.717) is 18.4 Å². The zero-order chi connectivity index (χ0) is 15.8. The molecule has 2 saturated heterocycles. The van der Waals surface area contributed by atoms with Gasteiger partial charge in [0.1, 0.15) is 0 Å². The first-order valence-electron chi connectivity index (χ1n) is 8.80. The molecule has 3 heterocycles. The van der Waals surface area contributed by atoms with Crippen LogP contribution in [0.5, 0.6) is 0 Å². The first-order chi connectivity index (χ1) is 11.2. The number of likely N-dealkylation sites (tertiary alicyclic amines) is 1. The van der Waals surface area contributed by atoms with Gasteiger partial charge in [0, 0.05) is 37.5 Å². The van der Waals surface area contributed by atoms with Crippen molar-refractivity contribution in [2.75, 3.05) is 19.6 Å². The third-order valence-electron chi connectivity index (χ3n) is 5.25. The van der Waals surface area contributed by atoms with Gasteiger partial charge in [-0.05, 0) is 38.2 Å². The second-order valence-corrected chi connectivity index (χ2v) is 7.18. The fourth-order valence-corrected chi connectivity index (χ4v) is 3.69. The molecule has 6 heteroatoms. The zero-order valence-electron chi connectivity index (χ0n) is 13.4. The van der Waals surface area contributed by atoms with Crippen LogP contribution in [-0.2, 0) is 11.3 Å². The normalized spacial score (nSPS) is 26.4. The van der Waals surface area contributed by atoms with Crippen LogP contribution in [-0.4, -0.2) is 46.3 Å². The first-order valence-corrected chi connectivity index (χ1v) is 8.80. The van der Waals surface area contributed by atoms with E-state index in [0.717, 1.165) is 44.6 Å². The summed E-state index contributed by atoms with van der Waals surface area (Å²) in [4.78, 5) is 26.3. The van der Waals surface area contributed by atoms with E-state index < -0.39 is 0 Å². The lowest BCUT2D eigenvalue weighted by Crippen LogP contribution is -2.58. The maximum absolute atomic E-state index is 12.1. The molecular formula is C17H24N4O2. The molecule has 4 rings (SSSR count). The molecule has 1 aromatic heterocycles. The zero-order valence-corrected chi connectivity index (χ0v) is 13.4. The average Bonchev–Trinajstić information content (AvgIpc) is 3.33. The summed E-state index contributed by atoms with van der Waals surface area (Å²) in [5, 5.41) is 7.53. The van der Waals surface area contributed by atoms with Crippen molar-refractivity contribution in [3.63, 3.8) is 0 Å². The molecule has 1 saturated carbocycles. The summed E-state index contributed by atoms with van der Waals surface area (Å²) < 4.78 is 1.63. The number of hydrogen-bond acceptors (Lipinski definition) is 4. The van der Waals surface area contributed by atoms with Gasteiger partial charge in [-0.15, -0.1) is 0 Å². The molecule has 3 aliphatic rings. The SMILES string of the molecule is O=C1NCCCCC1N1CC(Cn2nc(C3CC3)ccc2=O)C1. The molecule has 0 aromatic carbocycles. The van der Waals surface area contributed by atoms with Crippen molar-refractivity contribution < 1.29 is 4.79 Å². The Labute approximate surface area is 135 Å².